The summed E-state index contributed by atoms with van der Waals surface area (Å²) in [5, 5.41) is 2.96. The Bertz CT molecular complexity index is 1410. The normalized spacial score (nSPS) is 15.7. The van der Waals surface area contributed by atoms with Gasteiger partial charge in [-0.15, -0.1) is 0 Å². The number of morpholine rings is 1. The minimum absolute atomic E-state index is 0.0779. The van der Waals surface area contributed by atoms with E-state index in [1.165, 1.54) is 22.5 Å². The highest BCUT2D eigenvalue weighted by Gasteiger charge is 2.28. The smallest absolute Gasteiger partial charge is 0.257 e. The van der Waals surface area contributed by atoms with E-state index in [0.717, 1.165) is 17.6 Å². The summed E-state index contributed by atoms with van der Waals surface area (Å²) in [5.74, 6) is -0.508. The van der Waals surface area contributed by atoms with Crippen LogP contribution in [0.15, 0.2) is 46.2 Å². The van der Waals surface area contributed by atoms with Crippen LogP contribution < -0.4 is 5.32 Å². The SMILES string of the molecule is Cc1ccc(C(=O)Nc2nc3ccc(S(C)(=O)=O)cc3s2)cc1S(=O)(=O)N1CCOCC1. The number of nitrogens with zero attached hydrogens (tertiary/aromatic N) is 2. The molecule has 1 fully saturated rings. The van der Waals surface area contributed by atoms with E-state index in [0.29, 0.717) is 29.0 Å². The van der Waals surface area contributed by atoms with Crippen LogP contribution >= 0.6 is 11.3 Å². The number of aromatic nitrogens is 1. The number of sulfonamides is 1. The maximum atomic E-state index is 13.1. The van der Waals surface area contributed by atoms with E-state index in [4.69, 9.17) is 4.74 Å². The van der Waals surface area contributed by atoms with E-state index < -0.39 is 25.8 Å². The highest BCUT2D eigenvalue weighted by molar-refractivity contribution is 7.90. The molecule has 1 aliphatic heterocycles. The number of rotatable bonds is 5. The van der Waals surface area contributed by atoms with Gasteiger partial charge in [0, 0.05) is 24.9 Å². The van der Waals surface area contributed by atoms with Gasteiger partial charge in [-0.1, -0.05) is 17.4 Å². The Morgan fingerprint density at radius 1 is 1.09 bits per heavy atom. The molecule has 0 atom stereocenters. The molecule has 4 rings (SSSR count). The molecular formula is C20H21N3O6S3. The third kappa shape index (κ3) is 4.55. The van der Waals surface area contributed by atoms with Crippen molar-refractivity contribution in [2.45, 2.75) is 16.7 Å². The summed E-state index contributed by atoms with van der Waals surface area (Å²) in [4.78, 5) is 17.4. The number of fused-ring (bicyclic) bond motifs is 1. The van der Waals surface area contributed by atoms with Crippen molar-refractivity contribution in [2.24, 2.45) is 0 Å². The van der Waals surface area contributed by atoms with Crippen LogP contribution in [0.4, 0.5) is 5.13 Å². The first-order valence-corrected chi connectivity index (χ1v) is 13.8. The molecule has 0 unspecified atom stereocenters. The van der Waals surface area contributed by atoms with Gasteiger partial charge in [0.2, 0.25) is 10.0 Å². The second kappa shape index (κ2) is 8.52. The molecule has 1 saturated heterocycles. The Balaban J connectivity index is 1.61. The average molecular weight is 496 g/mol. The molecule has 12 heteroatoms. The molecule has 2 aromatic carbocycles. The molecule has 170 valence electrons. The van der Waals surface area contributed by atoms with Crippen molar-refractivity contribution < 1.29 is 26.4 Å². The van der Waals surface area contributed by atoms with Crippen molar-refractivity contribution in [1.82, 2.24) is 9.29 Å². The molecule has 3 aromatic rings. The van der Waals surface area contributed by atoms with Crippen molar-refractivity contribution in [3.63, 3.8) is 0 Å². The van der Waals surface area contributed by atoms with Gasteiger partial charge in [0.1, 0.15) is 0 Å². The maximum absolute atomic E-state index is 13.1. The number of thiazole rings is 1. The first kappa shape index (κ1) is 22.8. The quantitative estimate of drug-likeness (QED) is 0.576. The van der Waals surface area contributed by atoms with Gasteiger partial charge in [-0.25, -0.2) is 21.8 Å². The largest absolute Gasteiger partial charge is 0.379 e. The second-order valence-corrected chi connectivity index (χ2v) is 12.3. The number of carbonyl (C=O) groups excluding carboxylic acids is 1. The van der Waals surface area contributed by atoms with Crippen molar-refractivity contribution in [3.05, 3.63) is 47.5 Å². The van der Waals surface area contributed by atoms with E-state index in [1.807, 2.05) is 0 Å². The van der Waals surface area contributed by atoms with Gasteiger partial charge in [-0.2, -0.15) is 4.31 Å². The van der Waals surface area contributed by atoms with Gasteiger partial charge in [-0.3, -0.25) is 10.1 Å². The molecule has 0 spiro atoms. The van der Waals surface area contributed by atoms with E-state index >= 15 is 0 Å². The van der Waals surface area contributed by atoms with Crippen LogP contribution in [0.1, 0.15) is 15.9 Å². The summed E-state index contributed by atoms with van der Waals surface area (Å²) in [5.41, 5.74) is 1.28. The fraction of sp³-hybridized carbons (Fsp3) is 0.300. The van der Waals surface area contributed by atoms with Crippen LogP contribution in [0.3, 0.4) is 0 Å². The van der Waals surface area contributed by atoms with E-state index in [-0.39, 0.29) is 33.6 Å². The standard InChI is InChI=1S/C20H21N3O6S3/c1-13-3-4-14(11-18(13)32(27,28)23-7-9-29-10-8-23)19(24)22-20-21-16-6-5-15(31(2,25)26)12-17(16)30-20/h3-6,11-12H,7-10H2,1-2H3,(H,21,22,24). The molecule has 0 aliphatic carbocycles. The summed E-state index contributed by atoms with van der Waals surface area (Å²) in [6, 6.07) is 9.07. The van der Waals surface area contributed by atoms with Crippen LogP contribution in [-0.2, 0) is 24.6 Å². The molecule has 9 nitrogen and oxygen atoms in total. The number of hydrogen-bond acceptors (Lipinski definition) is 8. The maximum Gasteiger partial charge on any atom is 0.257 e. The molecule has 1 N–H and O–H groups in total. The molecular weight excluding hydrogens is 474 g/mol. The molecule has 32 heavy (non-hydrogen) atoms. The molecule has 0 saturated carbocycles. The minimum Gasteiger partial charge on any atom is -0.379 e. The van der Waals surface area contributed by atoms with Crippen molar-refractivity contribution in [3.8, 4) is 0 Å². The summed E-state index contributed by atoms with van der Waals surface area (Å²) in [7, 11) is -7.12. The van der Waals surface area contributed by atoms with Crippen LogP contribution in [0.5, 0.6) is 0 Å². The summed E-state index contributed by atoms with van der Waals surface area (Å²) >= 11 is 1.14. The van der Waals surface area contributed by atoms with Gasteiger partial charge in [0.15, 0.2) is 15.0 Å². The molecule has 1 amide bonds. The van der Waals surface area contributed by atoms with Gasteiger partial charge in [0.05, 0.1) is 33.2 Å². The number of hydrogen-bond donors (Lipinski definition) is 1. The van der Waals surface area contributed by atoms with Crippen molar-refractivity contribution in [1.29, 1.82) is 0 Å². The third-order valence-electron chi connectivity index (χ3n) is 5.05. The zero-order valence-electron chi connectivity index (χ0n) is 17.4. The topological polar surface area (TPSA) is 123 Å². The first-order valence-electron chi connectivity index (χ1n) is 9.66. The number of carbonyl (C=O) groups is 1. The lowest BCUT2D eigenvalue weighted by Gasteiger charge is -2.26. The minimum atomic E-state index is -3.76. The highest BCUT2D eigenvalue weighted by Crippen LogP contribution is 2.29. The van der Waals surface area contributed by atoms with E-state index in [9.17, 15) is 21.6 Å². The van der Waals surface area contributed by atoms with Crippen LogP contribution in [0.2, 0.25) is 0 Å². The van der Waals surface area contributed by atoms with Gasteiger partial charge < -0.3 is 4.74 Å². The number of sulfone groups is 1. The number of anilines is 1. The fourth-order valence-corrected chi connectivity index (χ4v) is 6.58. The Labute approximate surface area is 190 Å². The lowest BCUT2D eigenvalue weighted by molar-refractivity contribution is 0.0730. The second-order valence-electron chi connectivity index (χ2n) is 7.37. The highest BCUT2D eigenvalue weighted by atomic mass is 32.2. The summed E-state index contributed by atoms with van der Waals surface area (Å²) in [6.07, 6.45) is 1.12. The average Bonchev–Trinajstić information content (AvgIpc) is 3.15. The van der Waals surface area contributed by atoms with Gasteiger partial charge in [-0.05, 0) is 42.8 Å². The lowest BCUT2D eigenvalue weighted by atomic mass is 10.1. The van der Waals surface area contributed by atoms with Crippen molar-refractivity contribution >= 4 is 52.5 Å². The number of amides is 1. The van der Waals surface area contributed by atoms with Gasteiger partial charge in [0.25, 0.3) is 5.91 Å². The number of ether oxygens (including phenoxy) is 1. The van der Waals surface area contributed by atoms with Crippen LogP contribution in [0.25, 0.3) is 10.2 Å². The number of nitrogens with one attached hydrogen (secondary N) is 1. The van der Waals surface area contributed by atoms with Crippen LogP contribution in [-0.4, -0.2) is 64.6 Å². The van der Waals surface area contributed by atoms with Crippen molar-refractivity contribution in [2.75, 3.05) is 37.9 Å². The molecule has 0 radical (unpaired) electrons. The first-order chi connectivity index (χ1) is 15.1. The monoisotopic (exact) mass is 495 g/mol. The Morgan fingerprint density at radius 2 is 1.81 bits per heavy atom. The van der Waals surface area contributed by atoms with Crippen LogP contribution in [0, 0.1) is 6.92 Å². The molecule has 2 heterocycles. The molecule has 1 aliphatic rings. The predicted octanol–water partition coefficient (Wildman–Crippen LogP) is 2.28. The number of benzene rings is 2. The lowest BCUT2D eigenvalue weighted by Crippen LogP contribution is -2.40. The van der Waals surface area contributed by atoms with E-state index in [2.05, 4.69) is 10.3 Å². The molecule has 0 bridgehead atoms. The predicted molar refractivity (Wildman–Crippen MR) is 121 cm³/mol. The third-order valence-corrected chi connectivity index (χ3v) is 9.13. The Kier molecular flexibility index (Phi) is 6.07. The summed E-state index contributed by atoms with van der Waals surface area (Å²) in [6.45, 7) is 2.87. The van der Waals surface area contributed by atoms with Gasteiger partial charge >= 0.3 is 0 Å². The molecule has 1 aromatic heterocycles. The zero-order chi connectivity index (χ0) is 23.1. The Morgan fingerprint density at radius 3 is 2.50 bits per heavy atom. The Hall–Kier alpha value is -2.38. The van der Waals surface area contributed by atoms with E-state index in [1.54, 1.807) is 25.1 Å². The zero-order valence-corrected chi connectivity index (χ0v) is 19.8. The summed E-state index contributed by atoms with van der Waals surface area (Å²) < 4.78 is 56.8. The number of aryl methyl sites for hydroxylation is 1. The fourth-order valence-electron chi connectivity index (χ4n) is 3.30.